The van der Waals surface area contributed by atoms with Gasteiger partial charge in [0.15, 0.2) is 0 Å². The van der Waals surface area contributed by atoms with Crippen LogP contribution in [0.15, 0.2) is 10.9 Å². The molecule has 0 unspecified atom stereocenters. The van der Waals surface area contributed by atoms with Gasteiger partial charge in [-0.15, -0.1) is 0 Å². The van der Waals surface area contributed by atoms with Crippen LogP contribution in [0.25, 0.3) is 0 Å². The highest BCUT2D eigenvalue weighted by Gasteiger charge is 2.20. The van der Waals surface area contributed by atoms with E-state index in [0.717, 1.165) is 31.7 Å². The van der Waals surface area contributed by atoms with Gasteiger partial charge in [-0.1, -0.05) is 6.92 Å². The van der Waals surface area contributed by atoms with Gasteiger partial charge in [0, 0.05) is 44.4 Å². The minimum Gasteiger partial charge on any atom is -0.383 e. The first-order chi connectivity index (χ1) is 9.71. The third-order valence-electron chi connectivity index (χ3n) is 3.86. The Labute approximate surface area is 119 Å². The van der Waals surface area contributed by atoms with Crippen LogP contribution in [0.3, 0.4) is 0 Å². The number of hydrogen-bond donors (Lipinski definition) is 0. The van der Waals surface area contributed by atoms with E-state index in [4.69, 9.17) is 10.00 Å². The summed E-state index contributed by atoms with van der Waals surface area (Å²) in [7, 11) is 1.63. The molecule has 1 aliphatic rings. The average molecular weight is 275 g/mol. The van der Waals surface area contributed by atoms with Gasteiger partial charge in [0.1, 0.15) is 0 Å². The summed E-state index contributed by atoms with van der Waals surface area (Å²) in [5.41, 5.74) is 2.85. The Hall–Kier alpha value is -1.64. The molecule has 0 N–H and O–H groups in total. The second-order valence-corrected chi connectivity index (χ2v) is 5.04. The molecule has 0 spiro atoms. The van der Waals surface area contributed by atoms with Crippen LogP contribution in [0.2, 0.25) is 0 Å². The number of fused-ring (bicyclic) bond motifs is 1. The minimum atomic E-state index is -0.0349. The van der Waals surface area contributed by atoms with Crippen molar-refractivity contribution in [3.05, 3.63) is 33.2 Å². The van der Waals surface area contributed by atoms with E-state index < -0.39 is 0 Å². The molecule has 2 heterocycles. The van der Waals surface area contributed by atoms with Crippen LogP contribution in [0.5, 0.6) is 0 Å². The molecule has 0 aromatic carbocycles. The number of rotatable bonds is 5. The summed E-state index contributed by atoms with van der Waals surface area (Å²) in [5.74, 6) is 0. The van der Waals surface area contributed by atoms with Crippen molar-refractivity contribution in [1.29, 1.82) is 5.26 Å². The number of nitrogens with zero attached hydrogens (tertiary/aromatic N) is 3. The Kier molecular flexibility index (Phi) is 4.94. The molecule has 0 atom stereocenters. The minimum absolute atomic E-state index is 0.0349. The summed E-state index contributed by atoms with van der Waals surface area (Å²) in [6.07, 6.45) is 1.06. The zero-order valence-corrected chi connectivity index (χ0v) is 12.2. The number of methoxy groups -OCH3 is 1. The molecule has 1 aromatic rings. The molecule has 1 aliphatic heterocycles. The zero-order valence-electron chi connectivity index (χ0n) is 12.2. The van der Waals surface area contributed by atoms with Crippen molar-refractivity contribution in [1.82, 2.24) is 9.47 Å². The summed E-state index contributed by atoms with van der Waals surface area (Å²) in [5, 5.41) is 8.88. The van der Waals surface area contributed by atoms with Crippen molar-refractivity contribution in [2.24, 2.45) is 0 Å². The summed E-state index contributed by atoms with van der Waals surface area (Å²) in [6, 6.07) is 4.00. The van der Waals surface area contributed by atoms with Crippen LogP contribution in [0.1, 0.15) is 23.7 Å². The number of pyridine rings is 1. The quantitative estimate of drug-likeness (QED) is 0.802. The van der Waals surface area contributed by atoms with Gasteiger partial charge in [0.25, 0.3) is 5.56 Å². The molecule has 2 rings (SSSR count). The van der Waals surface area contributed by atoms with Crippen LogP contribution in [0, 0.1) is 11.3 Å². The van der Waals surface area contributed by atoms with E-state index in [1.807, 2.05) is 6.07 Å². The smallest absolute Gasteiger partial charge is 0.255 e. The first kappa shape index (κ1) is 14.8. The average Bonchev–Trinajstić information content (AvgIpc) is 2.47. The summed E-state index contributed by atoms with van der Waals surface area (Å²) in [6.45, 7) is 6.06. The van der Waals surface area contributed by atoms with Gasteiger partial charge >= 0.3 is 0 Å². The number of ether oxygens (including phenoxy) is 1. The molecule has 108 valence electrons. The lowest BCUT2D eigenvalue weighted by Gasteiger charge is -2.30. The molecule has 0 saturated carbocycles. The van der Waals surface area contributed by atoms with Gasteiger partial charge in [0.05, 0.1) is 19.1 Å². The predicted molar refractivity (Wildman–Crippen MR) is 76.6 cm³/mol. The van der Waals surface area contributed by atoms with Crippen molar-refractivity contribution < 1.29 is 4.74 Å². The second kappa shape index (κ2) is 6.69. The molecule has 5 heteroatoms. The van der Waals surface area contributed by atoms with E-state index in [1.165, 1.54) is 5.56 Å². The van der Waals surface area contributed by atoms with E-state index in [1.54, 1.807) is 11.7 Å². The maximum absolute atomic E-state index is 12.4. The largest absolute Gasteiger partial charge is 0.383 e. The number of likely N-dealkylation sites (N-methyl/N-ethyl adjacent to an activating group) is 1. The third kappa shape index (κ3) is 2.92. The van der Waals surface area contributed by atoms with Crippen LogP contribution >= 0.6 is 0 Å². The van der Waals surface area contributed by atoms with Gasteiger partial charge in [-0.05, 0) is 18.2 Å². The molecule has 0 aliphatic carbocycles. The Bertz CT molecular complexity index is 572. The summed E-state index contributed by atoms with van der Waals surface area (Å²) in [4.78, 5) is 14.8. The lowest BCUT2D eigenvalue weighted by molar-refractivity contribution is 0.183. The molecular formula is C15H21N3O2. The van der Waals surface area contributed by atoms with Crippen molar-refractivity contribution >= 4 is 0 Å². The van der Waals surface area contributed by atoms with Gasteiger partial charge < -0.3 is 9.30 Å². The topological polar surface area (TPSA) is 58.3 Å². The Morgan fingerprint density at radius 3 is 2.95 bits per heavy atom. The zero-order chi connectivity index (χ0) is 14.5. The Balaban J connectivity index is 2.46. The van der Waals surface area contributed by atoms with E-state index in [2.05, 4.69) is 17.9 Å². The van der Waals surface area contributed by atoms with Crippen LogP contribution in [-0.4, -0.2) is 36.3 Å². The fourth-order valence-electron chi connectivity index (χ4n) is 2.74. The predicted octanol–water partition coefficient (Wildman–Crippen LogP) is 0.939. The van der Waals surface area contributed by atoms with Gasteiger partial charge in [-0.3, -0.25) is 9.69 Å². The Morgan fingerprint density at radius 1 is 1.50 bits per heavy atom. The molecule has 0 saturated heterocycles. The molecule has 1 aromatic heterocycles. The van der Waals surface area contributed by atoms with Crippen LogP contribution in [0.4, 0.5) is 0 Å². The summed E-state index contributed by atoms with van der Waals surface area (Å²) >= 11 is 0. The molecule has 0 fully saturated rings. The first-order valence-corrected chi connectivity index (χ1v) is 7.04. The van der Waals surface area contributed by atoms with Crippen molar-refractivity contribution in [3.63, 3.8) is 0 Å². The fourth-order valence-corrected chi connectivity index (χ4v) is 2.74. The van der Waals surface area contributed by atoms with E-state index >= 15 is 0 Å². The van der Waals surface area contributed by atoms with E-state index in [9.17, 15) is 4.79 Å². The maximum Gasteiger partial charge on any atom is 0.255 e. The molecule has 0 amide bonds. The van der Waals surface area contributed by atoms with Gasteiger partial charge in [0.2, 0.25) is 0 Å². The number of hydrogen-bond acceptors (Lipinski definition) is 4. The SMILES string of the molecule is CCN1CCc2c(cc(CC#N)c(=O)n2CCOC)C1. The van der Waals surface area contributed by atoms with Crippen molar-refractivity contribution in [2.45, 2.75) is 32.9 Å². The van der Waals surface area contributed by atoms with Gasteiger partial charge in [-0.25, -0.2) is 0 Å². The summed E-state index contributed by atoms with van der Waals surface area (Å²) < 4.78 is 6.90. The molecule has 0 radical (unpaired) electrons. The molecular weight excluding hydrogens is 254 g/mol. The highest BCUT2D eigenvalue weighted by molar-refractivity contribution is 5.30. The van der Waals surface area contributed by atoms with Crippen molar-refractivity contribution in [3.8, 4) is 6.07 Å². The lowest BCUT2D eigenvalue weighted by Crippen LogP contribution is -2.37. The maximum atomic E-state index is 12.4. The second-order valence-electron chi connectivity index (χ2n) is 5.04. The van der Waals surface area contributed by atoms with E-state index in [0.29, 0.717) is 18.7 Å². The fraction of sp³-hybridized carbons (Fsp3) is 0.600. The highest BCUT2D eigenvalue weighted by Crippen LogP contribution is 2.18. The number of aromatic nitrogens is 1. The lowest BCUT2D eigenvalue weighted by atomic mass is 10.0. The highest BCUT2D eigenvalue weighted by atomic mass is 16.5. The first-order valence-electron chi connectivity index (χ1n) is 7.04. The monoisotopic (exact) mass is 275 g/mol. The standard InChI is InChI=1S/C15H21N3O2/c1-3-17-7-5-14-13(11-17)10-12(4-6-16)15(19)18(14)8-9-20-2/h10H,3-5,7-9,11H2,1-2H3. The van der Waals surface area contributed by atoms with E-state index in [-0.39, 0.29) is 12.0 Å². The van der Waals surface area contributed by atoms with Crippen molar-refractivity contribution in [2.75, 3.05) is 26.8 Å². The molecule has 0 bridgehead atoms. The van der Waals surface area contributed by atoms with Crippen LogP contribution < -0.4 is 5.56 Å². The normalized spacial score (nSPS) is 14.8. The molecule has 5 nitrogen and oxygen atoms in total. The molecule has 20 heavy (non-hydrogen) atoms. The Morgan fingerprint density at radius 2 is 2.30 bits per heavy atom. The third-order valence-corrected chi connectivity index (χ3v) is 3.86. The van der Waals surface area contributed by atoms with Crippen LogP contribution in [-0.2, 0) is 30.7 Å². The number of nitriles is 1. The van der Waals surface area contributed by atoms with Gasteiger partial charge in [-0.2, -0.15) is 5.26 Å².